The van der Waals surface area contributed by atoms with Gasteiger partial charge in [-0.05, 0) is 18.4 Å². The lowest BCUT2D eigenvalue weighted by atomic mass is 10.0. The van der Waals surface area contributed by atoms with Crippen molar-refractivity contribution in [2.75, 3.05) is 0 Å². The van der Waals surface area contributed by atoms with Crippen LogP contribution in [0.1, 0.15) is 18.4 Å². The number of carbonyl (C=O) groups is 1. The van der Waals surface area contributed by atoms with Crippen molar-refractivity contribution < 1.29 is 9.90 Å². The molecule has 3 rings (SSSR count). The molecule has 0 atom stereocenters. The predicted molar refractivity (Wildman–Crippen MR) is 47.4 cm³/mol. The molecule has 0 radical (unpaired) electrons. The van der Waals surface area contributed by atoms with Crippen molar-refractivity contribution in [3.63, 3.8) is 0 Å². The summed E-state index contributed by atoms with van der Waals surface area (Å²) in [6, 6.07) is 10.0. The van der Waals surface area contributed by atoms with E-state index in [9.17, 15) is 4.79 Å². The summed E-state index contributed by atoms with van der Waals surface area (Å²) in [7, 11) is 0. The summed E-state index contributed by atoms with van der Waals surface area (Å²) >= 11 is 0. The molecule has 0 spiro atoms. The highest BCUT2D eigenvalue weighted by molar-refractivity contribution is 5.89. The molecule has 0 aliphatic heterocycles. The third kappa shape index (κ3) is 0.634. The smallest absolute Gasteiger partial charge is 0.310 e. The summed E-state index contributed by atoms with van der Waals surface area (Å²) in [6.45, 7) is 0. The zero-order valence-corrected chi connectivity index (χ0v) is 7.16. The van der Waals surface area contributed by atoms with E-state index in [2.05, 4.69) is 0 Å². The van der Waals surface area contributed by atoms with Crippen LogP contribution in [-0.4, -0.2) is 11.1 Å². The highest BCUT2D eigenvalue weighted by atomic mass is 16.4. The van der Waals surface area contributed by atoms with Crippen LogP contribution in [0, 0.1) is 5.41 Å². The third-order valence-electron chi connectivity index (χ3n) is 3.61. The van der Waals surface area contributed by atoms with Gasteiger partial charge in [-0.25, -0.2) is 0 Å². The minimum atomic E-state index is -0.614. The van der Waals surface area contributed by atoms with Gasteiger partial charge in [0.15, 0.2) is 0 Å². The Morgan fingerprint density at radius 3 is 2.31 bits per heavy atom. The molecule has 2 heteroatoms. The Bertz CT molecular complexity index is 374. The molecule has 66 valence electrons. The van der Waals surface area contributed by atoms with Crippen molar-refractivity contribution in [2.24, 2.45) is 5.41 Å². The number of benzene rings is 1. The van der Waals surface area contributed by atoms with Gasteiger partial charge in [-0.1, -0.05) is 30.3 Å². The molecule has 0 saturated heterocycles. The van der Waals surface area contributed by atoms with E-state index in [4.69, 9.17) is 5.11 Å². The SMILES string of the molecule is O=C(O)C12CC1(c1ccccc1)C2. The molecule has 1 aromatic rings. The highest BCUT2D eigenvalue weighted by Crippen LogP contribution is 2.85. The molecule has 2 saturated carbocycles. The molecule has 1 N–H and O–H groups in total. The molecular formula is C11H10O2. The summed E-state index contributed by atoms with van der Waals surface area (Å²) in [5, 5.41) is 8.98. The van der Waals surface area contributed by atoms with E-state index in [-0.39, 0.29) is 10.8 Å². The first-order valence-electron chi connectivity index (χ1n) is 4.50. The third-order valence-corrected chi connectivity index (χ3v) is 3.61. The zero-order valence-electron chi connectivity index (χ0n) is 7.16. The fraction of sp³-hybridized carbons (Fsp3) is 0.364. The molecule has 0 heterocycles. The van der Waals surface area contributed by atoms with Crippen LogP contribution in [0.5, 0.6) is 0 Å². The van der Waals surface area contributed by atoms with Crippen LogP contribution in [0.15, 0.2) is 30.3 Å². The summed E-state index contributed by atoms with van der Waals surface area (Å²) in [5.74, 6) is -0.614. The van der Waals surface area contributed by atoms with Gasteiger partial charge in [0.2, 0.25) is 0 Å². The molecule has 1 aromatic carbocycles. The Hall–Kier alpha value is -1.31. The number of carboxylic acid groups (broad SMARTS) is 1. The lowest BCUT2D eigenvalue weighted by molar-refractivity contribution is -0.140. The molecule has 2 aliphatic rings. The van der Waals surface area contributed by atoms with Crippen LogP contribution in [0.25, 0.3) is 0 Å². The van der Waals surface area contributed by atoms with E-state index < -0.39 is 5.97 Å². The van der Waals surface area contributed by atoms with Gasteiger partial charge in [-0.3, -0.25) is 4.79 Å². The summed E-state index contributed by atoms with van der Waals surface area (Å²) in [6.07, 6.45) is 1.69. The van der Waals surface area contributed by atoms with Crippen molar-refractivity contribution in [3.8, 4) is 0 Å². The summed E-state index contributed by atoms with van der Waals surface area (Å²) in [5.41, 5.74) is 0.867. The number of fused-ring (bicyclic) bond motifs is 1. The second-order valence-electron chi connectivity index (χ2n) is 4.19. The van der Waals surface area contributed by atoms with Crippen molar-refractivity contribution >= 4 is 5.97 Å². The quantitative estimate of drug-likeness (QED) is 0.742. The van der Waals surface area contributed by atoms with Gasteiger partial charge in [-0.2, -0.15) is 0 Å². The lowest BCUT2D eigenvalue weighted by Crippen LogP contribution is -2.03. The van der Waals surface area contributed by atoms with Gasteiger partial charge in [0, 0.05) is 5.41 Å². The van der Waals surface area contributed by atoms with Crippen LogP contribution in [-0.2, 0) is 10.2 Å². The maximum absolute atomic E-state index is 10.9. The molecule has 0 unspecified atom stereocenters. The highest BCUT2D eigenvalue weighted by Gasteiger charge is 2.88. The molecule has 0 aromatic heterocycles. The monoisotopic (exact) mass is 174 g/mol. The minimum Gasteiger partial charge on any atom is -0.481 e. The fourth-order valence-electron chi connectivity index (χ4n) is 2.48. The fourth-order valence-corrected chi connectivity index (χ4v) is 2.48. The number of rotatable bonds is 2. The molecule has 0 amide bonds. The molecule has 13 heavy (non-hydrogen) atoms. The second kappa shape index (κ2) is 1.79. The minimum absolute atomic E-state index is 0.0279. The average molecular weight is 174 g/mol. The average Bonchev–Trinajstić information content (AvgIpc) is 2.90. The summed E-state index contributed by atoms with van der Waals surface area (Å²) < 4.78 is 0. The van der Waals surface area contributed by atoms with Crippen LogP contribution < -0.4 is 0 Å². The van der Waals surface area contributed by atoms with Crippen LogP contribution in [0.4, 0.5) is 0 Å². The van der Waals surface area contributed by atoms with Crippen molar-refractivity contribution in [1.82, 2.24) is 0 Å². The molecular weight excluding hydrogens is 164 g/mol. The normalized spacial score (nSPS) is 39.4. The number of hydrogen-bond donors (Lipinski definition) is 1. The van der Waals surface area contributed by atoms with Crippen molar-refractivity contribution in [3.05, 3.63) is 35.9 Å². The van der Waals surface area contributed by atoms with E-state index in [1.807, 2.05) is 30.3 Å². The maximum Gasteiger partial charge on any atom is 0.310 e. The number of carboxylic acids is 1. The maximum atomic E-state index is 10.9. The van der Waals surface area contributed by atoms with Crippen LogP contribution in [0.3, 0.4) is 0 Å². The number of aliphatic carboxylic acids is 1. The first-order valence-corrected chi connectivity index (χ1v) is 4.50. The zero-order chi connectivity index (χ0) is 9.10. The Morgan fingerprint density at radius 1 is 1.23 bits per heavy atom. The van der Waals surface area contributed by atoms with Gasteiger partial charge in [-0.15, -0.1) is 0 Å². The molecule has 2 nitrogen and oxygen atoms in total. The molecule has 2 fully saturated rings. The Kier molecular flexibility index (Phi) is 0.981. The Balaban J connectivity index is 1.97. The van der Waals surface area contributed by atoms with E-state index >= 15 is 0 Å². The van der Waals surface area contributed by atoms with Crippen molar-refractivity contribution in [1.29, 1.82) is 0 Å². The van der Waals surface area contributed by atoms with E-state index in [0.29, 0.717) is 0 Å². The number of hydrogen-bond acceptors (Lipinski definition) is 1. The van der Waals surface area contributed by atoms with Gasteiger partial charge in [0.1, 0.15) is 0 Å². The van der Waals surface area contributed by atoms with Crippen molar-refractivity contribution in [2.45, 2.75) is 18.3 Å². The topological polar surface area (TPSA) is 37.3 Å². The first kappa shape index (κ1) is 7.13. The predicted octanol–water partition coefficient (Wildman–Crippen LogP) is 1.80. The van der Waals surface area contributed by atoms with Crippen LogP contribution >= 0.6 is 0 Å². The Morgan fingerprint density at radius 2 is 1.85 bits per heavy atom. The second-order valence-corrected chi connectivity index (χ2v) is 4.19. The molecule has 2 aliphatic carbocycles. The van der Waals surface area contributed by atoms with Gasteiger partial charge < -0.3 is 5.11 Å². The van der Waals surface area contributed by atoms with Gasteiger partial charge >= 0.3 is 5.97 Å². The van der Waals surface area contributed by atoms with Gasteiger partial charge in [0.05, 0.1) is 5.41 Å². The molecule has 0 bridgehead atoms. The standard InChI is InChI=1S/C11H10O2/c12-9(13)11-6-10(11,7-11)8-4-2-1-3-5-8/h1-5H,6-7H2,(H,12,13). The van der Waals surface area contributed by atoms with Crippen LogP contribution in [0.2, 0.25) is 0 Å². The van der Waals surface area contributed by atoms with Gasteiger partial charge in [0.25, 0.3) is 0 Å². The largest absolute Gasteiger partial charge is 0.481 e. The Labute approximate surface area is 76.2 Å². The van der Waals surface area contributed by atoms with E-state index in [0.717, 1.165) is 12.8 Å². The van der Waals surface area contributed by atoms with E-state index in [1.54, 1.807) is 0 Å². The summed E-state index contributed by atoms with van der Waals surface area (Å²) in [4.78, 5) is 10.9. The first-order chi connectivity index (χ1) is 6.21. The lowest BCUT2D eigenvalue weighted by Gasteiger charge is -2.00. The van der Waals surface area contributed by atoms with E-state index in [1.165, 1.54) is 5.56 Å².